The van der Waals surface area contributed by atoms with Crippen LogP contribution in [0.1, 0.15) is 69.6 Å². The molecule has 1 aromatic carbocycles. The van der Waals surface area contributed by atoms with Crippen LogP contribution < -0.4 is 10.0 Å². The number of ether oxygens (including phenoxy) is 1. The van der Waals surface area contributed by atoms with Gasteiger partial charge in [0, 0.05) is 25.4 Å². The number of carbonyl (C=O) groups excluding carboxylic acids is 1. The zero-order chi connectivity index (χ0) is 24.4. The largest absolute Gasteiger partial charge is 0.431 e. The number of rotatable bonds is 5. The minimum atomic E-state index is -4.00. The molecule has 0 bridgehead atoms. The van der Waals surface area contributed by atoms with Crippen LogP contribution in [0.15, 0.2) is 28.9 Å². The van der Waals surface area contributed by atoms with E-state index in [1.165, 1.54) is 4.31 Å². The summed E-state index contributed by atoms with van der Waals surface area (Å²) < 4.78 is 39.1. The molecule has 1 aromatic heterocycles. The molecule has 0 atom stereocenters. The lowest BCUT2D eigenvalue weighted by molar-refractivity contribution is 0.0973. The summed E-state index contributed by atoms with van der Waals surface area (Å²) in [5.41, 5.74) is 2.69. The number of carbonyl (C=O) groups is 1. The van der Waals surface area contributed by atoms with Gasteiger partial charge >= 0.3 is 10.2 Å². The van der Waals surface area contributed by atoms with E-state index >= 15 is 0 Å². The van der Waals surface area contributed by atoms with Gasteiger partial charge in [-0.25, -0.2) is 4.72 Å². The van der Waals surface area contributed by atoms with E-state index in [-0.39, 0.29) is 42.2 Å². The highest BCUT2D eigenvalue weighted by Crippen LogP contribution is 2.35. The number of hydrogen-bond acceptors (Lipinski definition) is 7. The first-order chi connectivity index (χ1) is 15.3. The van der Waals surface area contributed by atoms with Gasteiger partial charge in [-0.15, -0.1) is 0 Å². The number of oxazole rings is 1. The quantitative estimate of drug-likeness (QED) is 0.673. The Morgan fingerprint density at radius 1 is 1.06 bits per heavy atom. The first-order valence-corrected chi connectivity index (χ1v) is 12.5. The Kier molecular flexibility index (Phi) is 7.21. The second-order valence-electron chi connectivity index (χ2n) is 10.2. The van der Waals surface area contributed by atoms with E-state index in [0.29, 0.717) is 13.0 Å². The minimum absolute atomic E-state index is 0.0544. The standard InChI is InChI=1S/C23H34N4O5S/c1-22(2,3)16-8-9-17(23(4,5)6)18(14-16)24-21-25-19(15-32-21)20(28)26-33(29,30)27-10-7-12-31-13-11-27/h8-9,14-15H,7,10-13H2,1-6H3,(H,24,25)(H,26,28). The zero-order valence-electron chi connectivity index (χ0n) is 20.2. The molecular formula is C23H34N4O5S. The summed E-state index contributed by atoms with van der Waals surface area (Å²) in [5.74, 6) is -0.851. The van der Waals surface area contributed by atoms with Crippen LogP contribution in [0.5, 0.6) is 0 Å². The van der Waals surface area contributed by atoms with Crippen molar-refractivity contribution in [3.63, 3.8) is 0 Å². The summed E-state index contributed by atoms with van der Waals surface area (Å²) in [7, 11) is -4.00. The molecule has 2 N–H and O–H groups in total. The highest BCUT2D eigenvalue weighted by Gasteiger charge is 2.27. The summed E-state index contributed by atoms with van der Waals surface area (Å²) in [6.45, 7) is 14.0. The topological polar surface area (TPSA) is 114 Å². The third-order valence-corrected chi connectivity index (χ3v) is 6.90. The van der Waals surface area contributed by atoms with Crippen molar-refractivity contribution in [1.82, 2.24) is 14.0 Å². The maximum absolute atomic E-state index is 12.6. The molecule has 1 saturated heterocycles. The third-order valence-electron chi connectivity index (χ3n) is 5.41. The van der Waals surface area contributed by atoms with Crippen LogP contribution in [-0.2, 0) is 25.8 Å². The van der Waals surface area contributed by atoms with Crippen LogP contribution in [0.4, 0.5) is 11.7 Å². The van der Waals surface area contributed by atoms with E-state index in [9.17, 15) is 13.2 Å². The lowest BCUT2D eigenvalue weighted by atomic mass is 9.81. The fourth-order valence-corrected chi connectivity index (χ4v) is 4.67. The molecule has 3 rings (SSSR count). The molecule has 0 aliphatic carbocycles. The van der Waals surface area contributed by atoms with Crippen molar-refractivity contribution in [2.24, 2.45) is 0 Å². The van der Waals surface area contributed by atoms with Gasteiger partial charge < -0.3 is 14.5 Å². The Bertz CT molecular complexity index is 1090. The van der Waals surface area contributed by atoms with E-state index < -0.39 is 16.1 Å². The SMILES string of the molecule is CC(C)(C)c1ccc(C(C)(C)C)c(Nc2nc(C(=O)NS(=O)(=O)N3CCCOCC3)co2)c1. The number of aromatic nitrogens is 1. The van der Waals surface area contributed by atoms with Crippen LogP contribution in [-0.4, -0.2) is 49.9 Å². The Morgan fingerprint density at radius 3 is 2.45 bits per heavy atom. The molecule has 1 amide bonds. The van der Waals surface area contributed by atoms with Crippen molar-refractivity contribution in [3.8, 4) is 0 Å². The number of hydrogen-bond donors (Lipinski definition) is 2. The summed E-state index contributed by atoms with van der Waals surface area (Å²) in [6, 6.07) is 6.35. The van der Waals surface area contributed by atoms with Crippen LogP contribution in [0, 0.1) is 0 Å². The molecule has 33 heavy (non-hydrogen) atoms. The molecule has 0 radical (unpaired) electrons. The Morgan fingerprint density at radius 2 is 1.79 bits per heavy atom. The maximum atomic E-state index is 12.6. The highest BCUT2D eigenvalue weighted by atomic mass is 32.2. The van der Waals surface area contributed by atoms with Gasteiger partial charge in [-0.1, -0.05) is 53.7 Å². The first-order valence-electron chi connectivity index (χ1n) is 11.0. The second kappa shape index (κ2) is 9.44. The Balaban J connectivity index is 1.80. The lowest BCUT2D eigenvalue weighted by Gasteiger charge is -2.26. The van der Waals surface area contributed by atoms with E-state index in [2.05, 4.69) is 74.8 Å². The van der Waals surface area contributed by atoms with Crippen LogP contribution >= 0.6 is 0 Å². The summed E-state index contributed by atoms with van der Waals surface area (Å²) in [5, 5.41) is 3.17. The van der Waals surface area contributed by atoms with Crippen LogP contribution in [0.25, 0.3) is 0 Å². The molecular weight excluding hydrogens is 444 g/mol. The smallest absolute Gasteiger partial charge is 0.304 e. The van der Waals surface area contributed by atoms with Crippen molar-refractivity contribution in [2.45, 2.75) is 58.8 Å². The molecule has 0 spiro atoms. The molecule has 0 unspecified atom stereocenters. The Hall–Kier alpha value is -2.43. The molecule has 2 aromatic rings. The molecule has 9 nitrogen and oxygen atoms in total. The molecule has 1 aliphatic heterocycles. The van der Waals surface area contributed by atoms with Crippen molar-refractivity contribution >= 4 is 27.8 Å². The minimum Gasteiger partial charge on any atom is -0.431 e. The van der Waals surface area contributed by atoms with E-state index in [1.807, 2.05) is 0 Å². The number of benzene rings is 1. The van der Waals surface area contributed by atoms with E-state index in [4.69, 9.17) is 9.15 Å². The van der Waals surface area contributed by atoms with Crippen molar-refractivity contribution in [2.75, 3.05) is 31.6 Å². The van der Waals surface area contributed by atoms with Gasteiger partial charge in [-0.3, -0.25) is 4.79 Å². The number of nitrogens with one attached hydrogen (secondary N) is 2. The maximum Gasteiger partial charge on any atom is 0.304 e. The number of anilines is 2. The van der Waals surface area contributed by atoms with Gasteiger partial charge in [-0.05, 0) is 34.4 Å². The highest BCUT2D eigenvalue weighted by molar-refractivity contribution is 7.87. The summed E-state index contributed by atoms with van der Waals surface area (Å²) >= 11 is 0. The monoisotopic (exact) mass is 478 g/mol. The van der Waals surface area contributed by atoms with Gasteiger partial charge in [0.1, 0.15) is 6.26 Å². The Labute approximate surface area is 196 Å². The second-order valence-corrected chi connectivity index (χ2v) is 11.9. The van der Waals surface area contributed by atoms with Gasteiger partial charge in [-0.2, -0.15) is 17.7 Å². The van der Waals surface area contributed by atoms with Crippen molar-refractivity contribution in [3.05, 3.63) is 41.3 Å². The number of amides is 1. The van der Waals surface area contributed by atoms with E-state index in [0.717, 1.165) is 23.1 Å². The average Bonchev–Trinajstić information content (AvgIpc) is 2.98. The molecule has 0 saturated carbocycles. The van der Waals surface area contributed by atoms with Crippen molar-refractivity contribution in [1.29, 1.82) is 0 Å². The summed E-state index contributed by atoms with van der Waals surface area (Å²) in [4.78, 5) is 16.7. The van der Waals surface area contributed by atoms with Gasteiger partial charge in [0.15, 0.2) is 5.69 Å². The van der Waals surface area contributed by atoms with Crippen molar-refractivity contribution < 1.29 is 22.4 Å². The molecule has 2 heterocycles. The average molecular weight is 479 g/mol. The van der Waals surface area contributed by atoms with Crippen LogP contribution in [0.2, 0.25) is 0 Å². The third kappa shape index (κ3) is 6.33. The lowest BCUT2D eigenvalue weighted by Crippen LogP contribution is -2.44. The normalized spacial score (nSPS) is 16.3. The predicted octanol–water partition coefficient (Wildman–Crippen LogP) is 3.71. The molecule has 1 aliphatic rings. The zero-order valence-corrected chi connectivity index (χ0v) is 21.0. The first kappa shape index (κ1) is 25.2. The van der Waals surface area contributed by atoms with Gasteiger partial charge in [0.05, 0.1) is 6.61 Å². The molecule has 1 fully saturated rings. The predicted molar refractivity (Wildman–Crippen MR) is 127 cm³/mol. The van der Waals surface area contributed by atoms with Crippen LogP contribution in [0.3, 0.4) is 0 Å². The molecule has 182 valence electrons. The fourth-order valence-electron chi connectivity index (χ4n) is 3.52. The van der Waals surface area contributed by atoms with Gasteiger partial charge in [0.25, 0.3) is 11.9 Å². The number of nitrogens with zero attached hydrogens (tertiary/aromatic N) is 2. The fraction of sp³-hybridized carbons (Fsp3) is 0.565. The molecule has 10 heteroatoms. The summed E-state index contributed by atoms with van der Waals surface area (Å²) in [6.07, 6.45) is 1.71. The van der Waals surface area contributed by atoms with E-state index in [1.54, 1.807) is 0 Å². The van der Waals surface area contributed by atoms with Gasteiger partial charge in [0.2, 0.25) is 0 Å².